The highest BCUT2D eigenvalue weighted by atomic mass is 16.5. The monoisotopic (exact) mass is 260 g/mol. The van der Waals surface area contributed by atoms with Crippen molar-refractivity contribution in [3.8, 4) is 0 Å². The maximum atomic E-state index is 11.8. The molecule has 1 saturated carbocycles. The van der Waals surface area contributed by atoms with Gasteiger partial charge in [-0.15, -0.1) is 0 Å². The molecule has 0 spiro atoms. The molecule has 1 aliphatic carbocycles. The van der Waals surface area contributed by atoms with Gasteiger partial charge in [-0.05, 0) is 36.0 Å². The second kappa shape index (κ2) is 4.97. The van der Waals surface area contributed by atoms with Crippen LogP contribution in [0, 0.1) is 0 Å². The zero-order valence-corrected chi connectivity index (χ0v) is 11.2. The van der Waals surface area contributed by atoms with Crippen molar-refractivity contribution >= 4 is 5.97 Å². The number of ether oxygens (including phenoxy) is 1. The summed E-state index contributed by atoms with van der Waals surface area (Å²) in [6.07, 6.45) is 5.65. The van der Waals surface area contributed by atoms with E-state index in [1.807, 2.05) is 6.07 Å². The molecule has 0 radical (unpaired) electrons. The fraction of sp³-hybridized carbons (Fsp3) is 0.562. The van der Waals surface area contributed by atoms with E-state index in [0.717, 1.165) is 50.7 Å². The Morgan fingerprint density at radius 2 is 1.95 bits per heavy atom. The van der Waals surface area contributed by atoms with Crippen LogP contribution in [0.2, 0.25) is 0 Å². The Morgan fingerprint density at radius 3 is 2.68 bits per heavy atom. The van der Waals surface area contributed by atoms with Crippen molar-refractivity contribution in [1.82, 2.24) is 0 Å². The molecule has 1 heterocycles. The van der Waals surface area contributed by atoms with Gasteiger partial charge in [0.2, 0.25) is 0 Å². The number of carbonyl (C=O) groups is 1. The van der Waals surface area contributed by atoms with Crippen LogP contribution >= 0.6 is 0 Å². The van der Waals surface area contributed by atoms with Crippen LogP contribution in [0.1, 0.15) is 48.8 Å². The summed E-state index contributed by atoms with van der Waals surface area (Å²) in [6.45, 7) is 1.41. The zero-order chi connectivity index (χ0) is 13.3. The zero-order valence-electron chi connectivity index (χ0n) is 11.2. The maximum Gasteiger partial charge on any atom is 0.314 e. The van der Waals surface area contributed by atoms with Gasteiger partial charge in [0.15, 0.2) is 0 Å². The molecule has 0 atom stereocenters. The predicted molar refractivity (Wildman–Crippen MR) is 72.2 cm³/mol. The molecule has 2 aliphatic rings. The third-order valence-electron chi connectivity index (χ3n) is 4.65. The van der Waals surface area contributed by atoms with Crippen LogP contribution in [-0.2, 0) is 28.0 Å². The minimum Gasteiger partial charge on any atom is -0.481 e. The van der Waals surface area contributed by atoms with Gasteiger partial charge in [-0.2, -0.15) is 0 Å². The lowest BCUT2D eigenvalue weighted by Crippen LogP contribution is -2.38. The van der Waals surface area contributed by atoms with E-state index in [2.05, 4.69) is 12.1 Å². The molecule has 0 saturated heterocycles. The molecule has 3 heteroatoms. The van der Waals surface area contributed by atoms with E-state index >= 15 is 0 Å². The van der Waals surface area contributed by atoms with Crippen molar-refractivity contribution in [2.75, 3.05) is 6.61 Å². The Bertz CT molecular complexity index is 487. The summed E-state index contributed by atoms with van der Waals surface area (Å²) in [6, 6.07) is 6.19. The van der Waals surface area contributed by atoms with Gasteiger partial charge in [-0.1, -0.05) is 37.5 Å². The van der Waals surface area contributed by atoms with Crippen LogP contribution in [0.5, 0.6) is 0 Å². The topological polar surface area (TPSA) is 46.5 Å². The maximum absolute atomic E-state index is 11.8. The summed E-state index contributed by atoms with van der Waals surface area (Å²) in [5.74, 6) is -0.654. The van der Waals surface area contributed by atoms with E-state index in [4.69, 9.17) is 4.74 Å². The number of fused-ring (bicyclic) bond motifs is 1. The van der Waals surface area contributed by atoms with Crippen molar-refractivity contribution in [3.05, 3.63) is 34.9 Å². The molecule has 19 heavy (non-hydrogen) atoms. The molecule has 1 aromatic carbocycles. The molecule has 0 amide bonds. The molecule has 3 rings (SSSR count). The van der Waals surface area contributed by atoms with Crippen LogP contribution in [0.25, 0.3) is 0 Å². The lowest BCUT2D eigenvalue weighted by atomic mass is 9.69. The lowest BCUT2D eigenvalue weighted by molar-refractivity contribution is -0.145. The predicted octanol–water partition coefficient (Wildman–Crippen LogP) is 3.05. The minimum atomic E-state index is -0.654. The highest BCUT2D eigenvalue weighted by molar-refractivity contribution is 5.81. The van der Waals surface area contributed by atoms with Gasteiger partial charge in [-0.3, -0.25) is 4.79 Å². The molecule has 1 N–H and O–H groups in total. The Kier molecular flexibility index (Phi) is 3.31. The van der Waals surface area contributed by atoms with Crippen molar-refractivity contribution in [3.63, 3.8) is 0 Å². The largest absolute Gasteiger partial charge is 0.481 e. The fourth-order valence-corrected chi connectivity index (χ4v) is 3.44. The molecular formula is C16H20O3. The number of carboxylic acid groups (broad SMARTS) is 1. The van der Waals surface area contributed by atoms with Gasteiger partial charge in [0, 0.05) is 0 Å². The van der Waals surface area contributed by atoms with E-state index in [1.54, 1.807) is 0 Å². The normalized spacial score (nSPS) is 21.7. The third-order valence-corrected chi connectivity index (χ3v) is 4.65. The van der Waals surface area contributed by atoms with Gasteiger partial charge in [0.05, 0.1) is 18.6 Å². The summed E-state index contributed by atoms with van der Waals surface area (Å²) in [7, 11) is 0. The number of hydrogen-bond donors (Lipinski definition) is 1. The van der Waals surface area contributed by atoms with Gasteiger partial charge in [-0.25, -0.2) is 0 Å². The standard InChI is InChI=1S/C16H20O3/c17-15(18)16(7-2-1-3-8-16)14-5-4-13-11-19-9-6-12(13)10-14/h4-5,10H,1-3,6-9,11H2,(H,17,18). The van der Waals surface area contributed by atoms with Crippen LogP contribution in [0.4, 0.5) is 0 Å². The molecule has 1 aliphatic heterocycles. The molecule has 0 bridgehead atoms. The van der Waals surface area contributed by atoms with E-state index in [1.165, 1.54) is 11.1 Å². The van der Waals surface area contributed by atoms with Crippen molar-refractivity contribution in [1.29, 1.82) is 0 Å². The lowest BCUT2D eigenvalue weighted by Gasteiger charge is -2.34. The Balaban J connectivity index is 2.01. The van der Waals surface area contributed by atoms with Gasteiger partial charge < -0.3 is 9.84 Å². The molecule has 1 aromatic rings. The summed E-state index contributed by atoms with van der Waals surface area (Å²) < 4.78 is 5.44. The highest BCUT2D eigenvalue weighted by Gasteiger charge is 2.41. The van der Waals surface area contributed by atoms with Gasteiger partial charge in [0.25, 0.3) is 0 Å². The Morgan fingerprint density at radius 1 is 1.16 bits per heavy atom. The number of aliphatic carboxylic acids is 1. The first kappa shape index (κ1) is 12.7. The quantitative estimate of drug-likeness (QED) is 0.889. The van der Waals surface area contributed by atoms with Gasteiger partial charge >= 0.3 is 5.97 Å². The second-order valence-electron chi connectivity index (χ2n) is 5.73. The summed E-state index contributed by atoms with van der Waals surface area (Å²) in [5.41, 5.74) is 2.84. The van der Waals surface area contributed by atoms with Crippen molar-refractivity contribution < 1.29 is 14.6 Å². The molecule has 0 unspecified atom stereocenters. The third kappa shape index (κ3) is 2.16. The average Bonchev–Trinajstić information content (AvgIpc) is 2.47. The smallest absolute Gasteiger partial charge is 0.314 e. The average molecular weight is 260 g/mol. The Hall–Kier alpha value is -1.35. The number of hydrogen-bond acceptors (Lipinski definition) is 2. The highest BCUT2D eigenvalue weighted by Crippen LogP contribution is 2.40. The van der Waals surface area contributed by atoms with E-state index < -0.39 is 11.4 Å². The van der Waals surface area contributed by atoms with E-state index in [-0.39, 0.29) is 0 Å². The molecule has 0 aromatic heterocycles. The summed E-state index contributed by atoms with van der Waals surface area (Å²) in [4.78, 5) is 11.8. The number of rotatable bonds is 2. The second-order valence-corrected chi connectivity index (χ2v) is 5.73. The van der Waals surface area contributed by atoms with Crippen molar-refractivity contribution in [2.24, 2.45) is 0 Å². The summed E-state index contributed by atoms with van der Waals surface area (Å²) >= 11 is 0. The van der Waals surface area contributed by atoms with Crippen LogP contribution in [0.15, 0.2) is 18.2 Å². The Labute approximate surface area is 113 Å². The van der Waals surface area contributed by atoms with E-state index in [0.29, 0.717) is 6.61 Å². The first-order valence-corrected chi connectivity index (χ1v) is 7.16. The molecular weight excluding hydrogens is 240 g/mol. The van der Waals surface area contributed by atoms with Gasteiger partial charge in [0.1, 0.15) is 0 Å². The van der Waals surface area contributed by atoms with Crippen LogP contribution in [-0.4, -0.2) is 17.7 Å². The fourth-order valence-electron chi connectivity index (χ4n) is 3.44. The molecule has 102 valence electrons. The number of benzene rings is 1. The van der Waals surface area contributed by atoms with Crippen LogP contribution in [0.3, 0.4) is 0 Å². The molecule has 3 nitrogen and oxygen atoms in total. The first-order valence-electron chi connectivity index (χ1n) is 7.16. The summed E-state index contributed by atoms with van der Waals surface area (Å²) in [5, 5.41) is 9.72. The first-order chi connectivity index (χ1) is 9.22. The SMILES string of the molecule is O=C(O)C1(c2ccc3c(c2)CCOC3)CCCCC1. The van der Waals surface area contributed by atoms with Crippen molar-refractivity contribution in [2.45, 2.75) is 50.5 Å². The molecule has 1 fully saturated rings. The minimum absolute atomic E-state index is 0.647. The van der Waals surface area contributed by atoms with Crippen LogP contribution < -0.4 is 0 Å². The van der Waals surface area contributed by atoms with E-state index in [9.17, 15) is 9.90 Å². The number of carboxylic acids is 1.